The number of carboxylic acid groups (broad SMARTS) is 1. The quantitative estimate of drug-likeness (QED) is 0.519. The largest absolute Gasteiger partial charge is 0.480 e. The Hall–Kier alpha value is -1.92. The standard InChI is InChI=1S/C17H27N3O3/c1-11-8-12(2)16(13(3)9-11)20-15(21)10-14(17(22)23)19-7-5-6-18-4/h8-9,14,18-19H,5-7,10H2,1-4H3,(H,20,21)(H,22,23)/t14-/m1/s1. The summed E-state index contributed by atoms with van der Waals surface area (Å²) in [6.45, 7) is 7.21. The van der Waals surface area contributed by atoms with Gasteiger partial charge in [-0.05, 0) is 58.5 Å². The Morgan fingerprint density at radius 1 is 1.13 bits per heavy atom. The van der Waals surface area contributed by atoms with Gasteiger partial charge in [0.2, 0.25) is 5.91 Å². The summed E-state index contributed by atoms with van der Waals surface area (Å²) in [7, 11) is 1.84. The molecule has 0 saturated heterocycles. The number of aryl methyl sites for hydroxylation is 3. The number of amides is 1. The maximum atomic E-state index is 12.2. The number of carboxylic acids is 1. The van der Waals surface area contributed by atoms with Crippen molar-refractivity contribution in [2.75, 3.05) is 25.5 Å². The first-order chi connectivity index (χ1) is 10.8. The molecule has 1 atom stereocenters. The second-order valence-electron chi connectivity index (χ2n) is 5.83. The number of aliphatic carboxylic acids is 1. The number of nitrogens with one attached hydrogen (secondary N) is 3. The summed E-state index contributed by atoms with van der Waals surface area (Å²) in [4.78, 5) is 23.5. The molecule has 0 unspecified atom stereocenters. The summed E-state index contributed by atoms with van der Waals surface area (Å²) in [5.74, 6) is -1.31. The molecular weight excluding hydrogens is 294 g/mol. The second kappa shape index (κ2) is 9.27. The smallest absolute Gasteiger partial charge is 0.321 e. The van der Waals surface area contributed by atoms with Crippen LogP contribution in [0.2, 0.25) is 0 Å². The van der Waals surface area contributed by atoms with Gasteiger partial charge in [0.1, 0.15) is 6.04 Å². The van der Waals surface area contributed by atoms with Crippen LogP contribution < -0.4 is 16.0 Å². The minimum absolute atomic E-state index is 0.0956. The van der Waals surface area contributed by atoms with Gasteiger partial charge in [0.25, 0.3) is 0 Å². The zero-order valence-electron chi connectivity index (χ0n) is 14.3. The van der Waals surface area contributed by atoms with Crippen molar-refractivity contribution >= 4 is 17.6 Å². The molecule has 128 valence electrons. The first kappa shape index (κ1) is 19.1. The Labute approximate surface area is 137 Å². The van der Waals surface area contributed by atoms with Gasteiger partial charge in [-0.25, -0.2) is 0 Å². The molecule has 0 bridgehead atoms. The van der Waals surface area contributed by atoms with Crippen molar-refractivity contribution in [1.29, 1.82) is 0 Å². The third-order valence-corrected chi connectivity index (χ3v) is 3.62. The highest BCUT2D eigenvalue weighted by Gasteiger charge is 2.21. The maximum Gasteiger partial charge on any atom is 0.321 e. The molecule has 6 nitrogen and oxygen atoms in total. The Balaban J connectivity index is 2.64. The first-order valence-corrected chi connectivity index (χ1v) is 7.83. The molecule has 0 aliphatic rings. The van der Waals surface area contributed by atoms with E-state index in [1.165, 1.54) is 0 Å². The summed E-state index contributed by atoms with van der Waals surface area (Å²) in [5, 5.41) is 18.0. The van der Waals surface area contributed by atoms with Gasteiger partial charge in [-0.3, -0.25) is 9.59 Å². The maximum absolute atomic E-state index is 12.2. The summed E-state index contributed by atoms with van der Waals surface area (Å²) >= 11 is 0. The van der Waals surface area contributed by atoms with Crippen LogP contribution in [-0.2, 0) is 9.59 Å². The molecule has 0 radical (unpaired) electrons. The van der Waals surface area contributed by atoms with E-state index in [4.69, 9.17) is 0 Å². The van der Waals surface area contributed by atoms with Crippen molar-refractivity contribution in [3.8, 4) is 0 Å². The molecule has 6 heteroatoms. The van der Waals surface area contributed by atoms with Crippen molar-refractivity contribution in [2.45, 2.75) is 39.7 Å². The van der Waals surface area contributed by atoms with Gasteiger partial charge in [0.05, 0.1) is 6.42 Å². The topological polar surface area (TPSA) is 90.5 Å². The molecule has 0 heterocycles. The molecule has 1 amide bonds. The Kier molecular flexibility index (Phi) is 7.71. The van der Waals surface area contributed by atoms with Crippen molar-refractivity contribution < 1.29 is 14.7 Å². The molecule has 0 fully saturated rings. The van der Waals surface area contributed by atoms with Crippen LogP contribution in [0.15, 0.2) is 12.1 Å². The number of anilines is 1. The van der Waals surface area contributed by atoms with Gasteiger partial charge in [0, 0.05) is 5.69 Å². The van der Waals surface area contributed by atoms with Gasteiger partial charge in [-0.2, -0.15) is 0 Å². The monoisotopic (exact) mass is 321 g/mol. The first-order valence-electron chi connectivity index (χ1n) is 7.83. The molecule has 1 aromatic rings. The van der Waals surface area contributed by atoms with E-state index in [2.05, 4.69) is 16.0 Å². The van der Waals surface area contributed by atoms with E-state index in [0.717, 1.165) is 35.3 Å². The van der Waals surface area contributed by atoms with Gasteiger partial charge in [-0.15, -0.1) is 0 Å². The minimum atomic E-state index is -1.01. The number of hydrogen-bond acceptors (Lipinski definition) is 4. The fraction of sp³-hybridized carbons (Fsp3) is 0.529. The zero-order chi connectivity index (χ0) is 17.4. The SMILES string of the molecule is CNCCCN[C@H](CC(=O)Nc1c(C)cc(C)cc1C)C(=O)O. The summed E-state index contributed by atoms with van der Waals surface area (Å²) < 4.78 is 0. The lowest BCUT2D eigenvalue weighted by Gasteiger charge is -2.16. The molecule has 0 aliphatic carbocycles. The number of rotatable bonds is 9. The highest BCUT2D eigenvalue weighted by Crippen LogP contribution is 2.22. The normalized spacial score (nSPS) is 12.0. The average molecular weight is 321 g/mol. The van der Waals surface area contributed by atoms with Gasteiger partial charge in [-0.1, -0.05) is 17.7 Å². The lowest BCUT2D eigenvalue weighted by Crippen LogP contribution is -2.40. The van der Waals surface area contributed by atoms with Crippen molar-refractivity contribution in [3.63, 3.8) is 0 Å². The van der Waals surface area contributed by atoms with E-state index >= 15 is 0 Å². The minimum Gasteiger partial charge on any atom is -0.480 e. The average Bonchev–Trinajstić information content (AvgIpc) is 2.45. The third-order valence-electron chi connectivity index (χ3n) is 3.62. The zero-order valence-corrected chi connectivity index (χ0v) is 14.3. The molecule has 0 spiro atoms. The van der Waals surface area contributed by atoms with Crippen LogP contribution in [-0.4, -0.2) is 43.2 Å². The molecule has 4 N–H and O–H groups in total. The summed E-state index contributed by atoms with van der Waals surface area (Å²) in [5.41, 5.74) is 3.85. The van der Waals surface area contributed by atoms with Crippen LogP contribution in [0.3, 0.4) is 0 Å². The number of carbonyl (C=O) groups is 2. The van der Waals surface area contributed by atoms with Crippen LogP contribution in [0.5, 0.6) is 0 Å². The van der Waals surface area contributed by atoms with E-state index in [0.29, 0.717) is 6.54 Å². The second-order valence-corrected chi connectivity index (χ2v) is 5.83. The Morgan fingerprint density at radius 2 is 1.74 bits per heavy atom. The predicted octanol–water partition coefficient (Wildman–Crippen LogP) is 1.59. The molecular formula is C17H27N3O3. The van der Waals surface area contributed by atoms with Gasteiger partial charge >= 0.3 is 5.97 Å². The van der Waals surface area contributed by atoms with E-state index in [1.54, 1.807) is 0 Å². The lowest BCUT2D eigenvalue weighted by molar-refractivity contribution is -0.141. The van der Waals surface area contributed by atoms with Crippen molar-refractivity contribution in [3.05, 3.63) is 28.8 Å². The Bertz CT molecular complexity index is 535. The fourth-order valence-corrected chi connectivity index (χ4v) is 2.54. The van der Waals surface area contributed by atoms with Crippen LogP contribution >= 0.6 is 0 Å². The molecule has 0 aliphatic heterocycles. The van der Waals surface area contributed by atoms with E-state index in [9.17, 15) is 14.7 Å². The third kappa shape index (κ3) is 6.38. The summed E-state index contributed by atoms with van der Waals surface area (Å²) in [6, 6.07) is 3.11. The Morgan fingerprint density at radius 3 is 2.26 bits per heavy atom. The van der Waals surface area contributed by atoms with E-state index in [1.807, 2.05) is 40.0 Å². The van der Waals surface area contributed by atoms with Crippen molar-refractivity contribution in [1.82, 2.24) is 10.6 Å². The van der Waals surface area contributed by atoms with Gasteiger partial charge in [0.15, 0.2) is 0 Å². The molecule has 0 aromatic heterocycles. The summed E-state index contributed by atoms with van der Waals surface area (Å²) in [6.07, 6.45) is 0.708. The number of hydrogen-bond donors (Lipinski definition) is 4. The lowest BCUT2D eigenvalue weighted by atomic mass is 10.0. The van der Waals surface area contributed by atoms with Crippen LogP contribution in [0.25, 0.3) is 0 Å². The molecule has 1 rings (SSSR count). The molecule has 0 saturated carbocycles. The highest BCUT2D eigenvalue weighted by atomic mass is 16.4. The fourth-order valence-electron chi connectivity index (χ4n) is 2.54. The molecule has 23 heavy (non-hydrogen) atoms. The van der Waals surface area contributed by atoms with Gasteiger partial charge < -0.3 is 21.1 Å². The van der Waals surface area contributed by atoms with Crippen LogP contribution in [0.1, 0.15) is 29.5 Å². The number of benzene rings is 1. The van der Waals surface area contributed by atoms with E-state index in [-0.39, 0.29) is 12.3 Å². The molecule has 1 aromatic carbocycles. The van der Waals surface area contributed by atoms with Crippen LogP contribution in [0.4, 0.5) is 5.69 Å². The predicted molar refractivity (Wildman–Crippen MR) is 91.9 cm³/mol. The van der Waals surface area contributed by atoms with Crippen LogP contribution in [0, 0.1) is 20.8 Å². The van der Waals surface area contributed by atoms with Crippen molar-refractivity contribution in [2.24, 2.45) is 0 Å². The van der Waals surface area contributed by atoms with E-state index < -0.39 is 12.0 Å². The highest BCUT2D eigenvalue weighted by molar-refractivity contribution is 5.95. The number of carbonyl (C=O) groups excluding carboxylic acids is 1.